The molecule has 0 heteroatoms. The maximum atomic E-state index is 2.46. The first-order valence-corrected chi connectivity index (χ1v) is 4.62. The molecule has 0 amide bonds. The van der Waals surface area contributed by atoms with E-state index in [0.717, 1.165) is 17.8 Å². The number of hydrogen-bond donors (Lipinski definition) is 0. The van der Waals surface area contributed by atoms with Crippen LogP contribution >= 0.6 is 0 Å². The van der Waals surface area contributed by atoms with Crippen molar-refractivity contribution in [2.45, 2.75) is 40.0 Å². The second kappa shape index (κ2) is 1.78. The Labute approximate surface area is 64.0 Å². The van der Waals surface area contributed by atoms with Crippen LogP contribution in [0.2, 0.25) is 0 Å². The Bertz CT molecular complexity index is 142. The van der Waals surface area contributed by atoms with Crippen molar-refractivity contribution in [3.63, 3.8) is 0 Å². The van der Waals surface area contributed by atoms with E-state index in [2.05, 4.69) is 20.8 Å². The first kappa shape index (κ1) is 6.69. The summed E-state index contributed by atoms with van der Waals surface area (Å²) in [4.78, 5) is 0. The largest absolute Gasteiger partial charge is 0.0617 e. The first-order valence-electron chi connectivity index (χ1n) is 4.62. The van der Waals surface area contributed by atoms with Gasteiger partial charge in [0.2, 0.25) is 0 Å². The van der Waals surface area contributed by atoms with Gasteiger partial charge in [-0.2, -0.15) is 0 Å². The fraction of sp³-hybridized carbons (Fsp3) is 1.00. The highest BCUT2D eigenvalue weighted by molar-refractivity contribution is 4.99. The lowest BCUT2D eigenvalue weighted by Crippen LogP contribution is -2.28. The van der Waals surface area contributed by atoms with Crippen LogP contribution in [0.5, 0.6) is 0 Å². The van der Waals surface area contributed by atoms with E-state index in [1.54, 1.807) is 0 Å². The van der Waals surface area contributed by atoms with Crippen molar-refractivity contribution in [2.24, 2.45) is 23.2 Å². The van der Waals surface area contributed by atoms with Gasteiger partial charge in [-0.05, 0) is 42.4 Å². The van der Waals surface area contributed by atoms with E-state index >= 15 is 0 Å². The lowest BCUT2D eigenvalue weighted by atomic mass is 9.70. The Balaban J connectivity index is 2.25. The average Bonchev–Trinajstić information content (AvgIpc) is 2.37. The molecule has 2 rings (SSSR count). The summed E-state index contributed by atoms with van der Waals surface area (Å²) < 4.78 is 0. The van der Waals surface area contributed by atoms with Gasteiger partial charge in [0.05, 0.1) is 0 Å². The lowest BCUT2D eigenvalue weighted by Gasteiger charge is -2.35. The molecule has 2 aliphatic carbocycles. The maximum Gasteiger partial charge on any atom is -0.0297 e. The van der Waals surface area contributed by atoms with Gasteiger partial charge in [0, 0.05) is 0 Å². The lowest BCUT2D eigenvalue weighted by molar-refractivity contribution is 0.137. The molecule has 58 valence electrons. The van der Waals surface area contributed by atoms with Crippen LogP contribution in [0.1, 0.15) is 40.0 Å². The molecule has 0 aromatic carbocycles. The van der Waals surface area contributed by atoms with Crippen LogP contribution < -0.4 is 0 Å². The Morgan fingerprint density at radius 1 is 1.20 bits per heavy atom. The van der Waals surface area contributed by atoms with Crippen LogP contribution in [0.15, 0.2) is 0 Å². The highest BCUT2D eigenvalue weighted by Gasteiger charge is 2.50. The van der Waals surface area contributed by atoms with Gasteiger partial charge in [-0.3, -0.25) is 0 Å². The van der Waals surface area contributed by atoms with E-state index in [1.807, 2.05) is 0 Å². The predicted octanol–water partition coefficient (Wildman–Crippen LogP) is 3.08. The number of rotatable bonds is 0. The van der Waals surface area contributed by atoms with Crippen molar-refractivity contribution in [1.29, 1.82) is 0 Å². The maximum absolute atomic E-state index is 2.46. The average molecular weight is 138 g/mol. The second-order valence-electron chi connectivity index (χ2n) is 4.88. The molecule has 3 atom stereocenters. The van der Waals surface area contributed by atoms with Crippen LogP contribution in [0, 0.1) is 23.2 Å². The SMILES string of the molecule is C[C@H]1C2CCC(C2)C1(C)C. The van der Waals surface area contributed by atoms with Crippen LogP contribution in [0.25, 0.3) is 0 Å². The zero-order valence-corrected chi connectivity index (χ0v) is 7.35. The van der Waals surface area contributed by atoms with E-state index in [0.29, 0.717) is 5.41 Å². The van der Waals surface area contributed by atoms with E-state index in [9.17, 15) is 0 Å². The van der Waals surface area contributed by atoms with Crippen LogP contribution in [0.3, 0.4) is 0 Å². The molecule has 0 spiro atoms. The van der Waals surface area contributed by atoms with Crippen molar-refractivity contribution in [1.82, 2.24) is 0 Å². The standard InChI is InChI=1S/C10H18/c1-7-8-4-5-9(6-8)10(7,2)3/h7-9H,4-6H2,1-3H3/t7-,8?,9?/m0/s1. The van der Waals surface area contributed by atoms with Crippen LogP contribution in [-0.4, -0.2) is 0 Å². The molecule has 0 aromatic rings. The third-order valence-electron chi connectivity index (χ3n) is 4.41. The van der Waals surface area contributed by atoms with E-state index in [-0.39, 0.29) is 0 Å². The molecule has 2 aliphatic rings. The Kier molecular flexibility index (Phi) is 1.19. The molecule has 2 fully saturated rings. The molecular weight excluding hydrogens is 120 g/mol. The predicted molar refractivity (Wildman–Crippen MR) is 43.8 cm³/mol. The summed E-state index contributed by atoms with van der Waals surface area (Å²) in [5.41, 5.74) is 0.670. The molecule has 10 heavy (non-hydrogen) atoms. The zero-order chi connectivity index (χ0) is 7.35. The van der Waals surface area contributed by atoms with Gasteiger partial charge < -0.3 is 0 Å². The van der Waals surface area contributed by atoms with E-state index in [1.165, 1.54) is 19.3 Å². The molecule has 2 unspecified atom stereocenters. The molecule has 0 saturated heterocycles. The van der Waals surface area contributed by atoms with Gasteiger partial charge in [-0.1, -0.05) is 20.8 Å². The summed E-state index contributed by atoms with van der Waals surface area (Å²) in [6.07, 6.45) is 4.57. The smallest absolute Gasteiger partial charge is 0.0297 e. The minimum atomic E-state index is 0.670. The first-order chi connectivity index (χ1) is 4.62. The molecular formula is C10H18. The normalized spacial score (nSPS) is 50.1. The summed E-state index contributed by atoms with van der Waals surface area (Å²) in [5.74, 6) is 3.14. The Morgan fingerprint density at radius 2 is 1.90 bits per heavy atom. The zero-order valence-electron chi connectivity index (χ0n) is 7.35. The molecule has 2 saturated carbocycles. The molecule has 0 nitrogen and oxygen atoms in total. The van der Waals surface area contributed by atoms with Gasteiger partial charge in [-0.15, -0.1) is 0 Å². The second-order valence-corrected chi connectivity index (χ2v) is 4.88. The molecule has 0 radical (unpaired) electrons. The summed E-state index contributed by atoms with van der Waals surface area (Å²) in [6.45, 7) is 7.37. The van der Waals surface area contributed by atoms with Crippen molar-refractivity contribution in [3.05, 3.63) is 0 Å². The van der Waals surface area contributed by atoms with Crippen LogP contribution in [0.4, 0.5) is 0 Å². The Hall–Kier alpha value is 0. The summed E-state index contributed by atoms with van der Waals surface area (Å²) in [5, 5.41) is 0. The van der Waals surface area contributed by atoms with E-state index < -0.39 is 0 Å². The number of fused-ring (bicyclic) bond motifs is 2. The highest BCUT2D eigenvalue weighted by Crippen LogP contribution is 2.58. The van der Waals surface area contributed by atoms with E-state index in [4.69, 9.17) is 0 Å². The highest BCUT2D eigenvalue weighted by atomic mass is 14.5. The summed E-state index contributed by atoms with van der Waals surface area (Å²) in [7, 11) is 0. The molecule has 0 aliphatic heterocycles. The van der Waals surface area contributed by atoms with Crippen LogP contribution in [-0.2, 0) is 0 Å². The number of hydrogen-bond acceptors (Lipinski definition) is 0. The van der Waals surface area contributed by atoms with Gasteiger partial charge in [0.25, 0.3) is 0 Å². The fourth-order valence-electron chi connectivity index (χ4n) is 3.13. The van der Waals surface area contributed by atoms with Gasteiger partial charge in [-0.25, -0.2) is 0 Å². The molecule has 0 aromatic heterocycles. The minimum Gasteiger partial charge on any atom is -0.0617 e. The molecule has 0 heterocycles. The van der Waals surface area contributed by atoms with Crippen molar-refractivity contribution < 1.29 is 0 Å². The van der Waals surface area contributed by atoms with Gasteiger partial charge in [0.15, 0.2) is 0 Å². The quantitative estimate of drug-likeness (QED) is 0.482. The summed E-state index contributed by atoms with van der Waals surface area (Å²) >= 11 is 0. The topological polar surface area (TPSA) is 0 Å². The van der Waals surface area contributed by atoms with Gasteiger partial charge in [0.1, 0.15) is 0 Å². The van der Waals surface area contributed by atoms with Gasteiger partial charge >= 0.3 is 0 Å². The van der Waals surface area contributed by atoms with Crippen molar-refractivity contribution in [3.8, 4) is 0 Å². The van der Waals surface area contributed by atoms with Crippen molar-refractivity contribution in [2.75, 3.05) is 0 Å². The van der Waals surface area contributed by atoms with Crippen molar-refractivity contribution >= 4 is 0 Å². The third kappa shape index (κ3) is 0.627. The molecule has 0 N–H and O–H groups in total. The minimum absolute atomic E-state index is 0.670. The Morgan fingerprint density at radius 3 is 2.20 bits per heavy atom. The third-order valence-corrected chi connectivity index (χ3v) is 4.41. The fourth-order valence-corrected chi connectivity index (χ4v) is 3.13. The molecule has 2 bridgehead atoms. The summed E-state index contributed by atoms with van der Waals surface area (Å²) in [6, 6.07) is 0. The monoisotopic (exact) mass is 138 g/mol.